The van der Waals surface area contributed by atoms with E-state index in [1.807, 2.05) is 0 Å². The second kappa shape index (κ2) is 16.0. The topological polar surface area (TPSA) is 107 Å². The van der Waals surface area contributed by atoms with Crippen LogP contribution < -0.4 is 0 Å². The zero-order chi connectivity index (χ0) is 19.0. The highest BCUT2D eigenvalue weighted by molar-refractivity contribution is 7.46. The van der Waals surface area contributed by atoms with Gasteiger partial charge in [-0.2, -0.15) is 0 Å². The molecule has 0 unspecified atom stereocenters. The predicted molar refractivity (Wildman–Crippen MR) is 100 cm³/mol. The summed E-state index contributed by atoms with van der Waals surface area (Å²) in [5.41, 5.74) is 0. The van der Waals surface area contributed by atoms with Crippen LogP contribution in [0, 0.1) is 0 Å². The van der Waals surface area contributed by atoms with Crippen LogP contribution in [0.5, 0.6) is 0 Å². The molecule has 25 heavy (non-hydrogen) atoms. The molecule has 150 valence electrons. The quantitative estimate of drug-likeness (QED) is 0.172. The summed E-state index contributed by atoms with van der Waals surface area (Å²) in [5.74, 6) is 0. The number of phosphoric ester groups is 1. The van der Waals surface area contributed by atoms with Crippen LogP contribution >= 0.6 is 7.82 Å². The minimum atomic E-state index is -4.61. The van der Waals surface area contributed by atoms with Gasteiger partial charge in [-0.25, -0.2) is 4.57 Å². The van der Waals surface area contributed by atoms with Crippen molar-refractivity contribution in [2.75, 3.05) is 6.61 Å². The van der Waals surface area contributed by atoms with Gasteiger partial charge in [0.15, 0.2) is 0 Å². The van der Waals surface area contributed by atoms with Crippen molar-refractivity contribution in [1.29, 1.82) is 0 Å². The molecule has 0 radical (unpaired) electrons. The van der Waals surface area contributed by atoms with Crippen molar-refractivity contribution in [1.82, 2.24) is 0 Å². The van der Waals surface area contributed by atoms with E-state index in [0.717, 1.165) is 19.3 Å². The second-order valence-corrected chi connectivity index (χ2v) is 7.84. The van der Waals surface area contributed by atoms with Crippen LogP contribution in [-0.4, -0.2) is 38.8 Å². The Labute approximate surface area is 152 Å². The zero-order valence-corrected chi connectivity index (χ0v) is 16.4. The van der Waals surface area contributed by atoms with Crippen molar-refractivity contribution < 1.29 is 29.1 Å². The summed E-state index contributed by atoms with van der Waals surface area (Å²) in [6.07, 6.45) is 15.6. The number of phosphoric acid groups is 1. The van der Waals surface area contributed by atoms with E-state index in [9.17, 15) is 14.8 Å². The Morgan fingerprint density at radius 3 is 1.84 bits per heavy atom. The third-order valence-corrected chi connectivity index (χ3v) is 4.60. The zero-order valence-electron chi connectivity index (χ0n) is 15.6. The molecule has 6 nitrogen and oxygen atoms in total. The Morgan fingerprint density at radius 1 is 0.880 bits per heavy atom. The maximum atomic E-state index is 10.5. The first kappa shape index (κ1) is 24.8. The van der Waals surface area contributed by atoms with Crippen LogP contribution in [0.2, 0.25) is 0 Å². The highest BCUT2D eigenvalue weighted by atomic mass is 31.2. The minimum Gasteiger partial charge on any atom is -0.388 e. The van der Waals surface area contributed by atoms with Gasteiger partial charge in [-0.15, -0.1) is 0 Å². The van der Waals surface area contributed by atoms with Gasteiger partial charge >= 0.3 is 7.82 Å². The summed E-state index contributed by atoms with van der Waals surface area (Å²) in [6, 6.07) is 0. The number of rotatable bonds is 17. The summed E-state index contributed by atoms with van der Waals surface area (Å²) < 4.78 is 14.7. The van der Waals surface area contributed by atoms with Crippen molar-refractivity contribution in [2.45, 2.75) is 96.2 Å². The van der Waals surface area contributed by atoms with E-state index in [-0.39, 0.29) is 0 Å². The number of allylic oxidation sites excluding steroid dienone is 1. The molecule has 0 fully saturated rings. The molecule has 0 aromatic rings. The van der Waals surface area contributed by atoms with Crippen LogP contribution in [0.15, 0.2) is 12.2 Å². The molecule has 0 aromatic heterocycles. The monoisotopic (exact) mass is 380 g/mol. The molecule has 4 N–H and O–H groups in total. The van der Waals surface area contributed by atoms with E-state index < -0.39 is 26.6 Å². The fraction of sp³-hybridized carbons (Fsp3) is 0.889. The lowest BCUT2D eigenvalue weighted by atomic mass is 10.1. The molecular formula is C18H37O6P. The highest BCUT2D eigenvalue weighted by Gasteiger charge is 2.20. The van der Waals surface area contributed by atoms with E-state index in [1.54, 1.807) is 6.08 Å². The van der Waals surface area contributed by atoms with Crippen molar-refractivity contribution in [3.63, 3.8) is 0 Å². The number of aliphatic hydroxyl groups excluding tert-OH is 2. The minimum absolute atomic E-state index is 0.603. The largest absolute Gasteiger partial charge is 0.469 e. The lowest BCUT2D eigenvalue weighted by molar-refractivity contribution is 0.00864. The lowest BCUT2D eigenvalue weighted by Crippen LogP contribution is -2.28. The molecule has 2 atom stereocenters. The van der Waals surface area contributed by atoms with Gasteiger partial charge < -0.3 is 20.0 Å². The third-order valence-electron chi connectivity index (χ3n) is 4.12. The number of unbranched alkanes of at least 4 members (excludes halogenated alkanes) is 11. The van der Waals surface area contributed by atoms with E-state index in [0.29, 0.717) is 0 Å². The normalized spacial score (nSPS) is 14.9. The summed E-state index contributed by atoms with van der Waals surface area (Å²) >= 11 is 0. The van der Waals surface area contributed by atoms with Gasteiger partial charge in [0, 0.05) is 0 Å². The Bertz CT molecular complexity index is 369. The summed E-state index contributed by atoms with van der Waals surface area (Å²) in [4.78, 5) is 17.1. The van der Waals surface area contributed by atoms with E-state index in [1.165, 1.54) is 63.9 Å². The van der Waals surface area contributed by atoms with Crippen LogP contribution in [0.25, 0.3) is 0 Å². The molecule has 0 heterocycles. The smallest absolute Gasteiger partial charge is 0.388 e. The van der Waals surface area contributed by atoms with Gasteiger partial charge in [0.2, 0.25) is 0 Å². The Morgan fingerprint density at radius 2 is 1.36 bits per heavy atom. The van der Waals surface area contributed by atoms with Gasteiger partial charge in [-0.3, -0.25) is 4.52 Å². The third kappa shape index (κ3) is 18.4. The molecule has 0 aliphatic heterocycles. The summed E-state index contributed by atoms with van der Waals surface area (Å²) in [5, 5.41) is 19.1. The average Bonchev–Trinajstić information content (AvgIpc) is 2.56. The van der Waals surface area contributed by atoms with Gasteiger partial charge in [0.25, 0.3) is 0 Å². The Kier molecular flexibility index (Phi) is 15.8. The fourth-order valence-electron chi connectivity index (χ4n) is 2.56. The highest BCUT2D eigenvalue weighted by Crippen LogP contribution is 2.35. The van der Waals surface area contributed by atoms with Gasteiger partial charge in [0.05, 0.1) is 6.61 Å². The van der Waals surface area contributed by atoms with Crippen molar-refractivity contribution in [2.24, 2.45) is 0 Å². The van der Waals surface area contributed by atoms with Gasteiger partial charge in [0.1, 0.15) is 12.2 Å². The Balaban J connectivity index is 3.46. The van der Waals surface area contributed by atoms with Crippen LogP contribution in [-0.2, 0) is 9.09 Å². The first-order valence-corrected chi connectivity index (χ1v) is 11.1. The number of hydrogen-bond acceptors (Lipinski definition) is 4. The maximum absolute atomic E-state index is 10.5. The molecule has 0 aromatic carbocycles. The fourth-order valence-corrected chi connectivity index (χ4v) is 2.91. The second-order valence-electron chi connectivity index (χ2n) is 6.60. The molecule has 7 heteroatoms. The van der Waals surface area contributed by atoms with E-state index in [2.05, 4.69) is 11.4 Å². The standard InChI is InChI=1S/C18H37O6P/c1-2-3-4-5-6-7-8-9-10-11-12-13-14-15-17(19)18(20)16-24-25(21,22)23/h14-15,17-20H,2-13,16H2,1H3,(H2,21,22,23)/b15-14-/t17-,18+/m1/s1. The average molecular weight is 380 g/mol. The molecule has 0 aliphatic rings. The van der Waals surface area contributed by atoms with Crippen molar-refractivity contribution in [3.05, 3.63) is 12.2 Å². The Hall–Kier alpha value is -0.230. The number of hydrogen-bond donors (Lipinski definition) is 4. The molecule has 0 saturated carbocycles. The lowest BCUT2D eigenvalue weighted by Gasteiger charge is -2.14. The predicted octanol–water partition coefficient (Wildman–Crippen LogP) is 4.07. The molecule has 0 saturated heterocycles. The van der Waals surface area contributed by atoms with E-state index >= 15 is 0 Å². The molecular weight excluding hydrogens is 343 g/mol. The summed E-state index contributed by atoms with van der Waals surface area (Å²) in [7, 11) is -4.61. The van der Waals surface area contributed by atoms with Gasteiger partial charge in [-0.05, 0) is 12.8 Å². The van der Waals surface area contributed by atoms with Crippen LogP contribution in [0.4, 0.5) is 0 Å². The molecule has 0 spiro atoms. The van der Waals surface area contributed by atoms with Gasteiger partial charge in [-0.1, -0.05) is 83.3 Å². The summed E-state index contributed by atoms with van der Waals surface area (Å²) in [6.45, 7) is 1.63. The van der Waals surface area contributed by atoms with E-state index in [4.69, 9.17) is 9.79 Å². The first-order chi connectivity index (χ1) is 11.9. The molecule has 0 aliphatic carbocycles. The molecule has 0 bridgehead atoms. The number of aliphatic hydroxyl groups is 2. The molecule has 0 rings (SSSR count). The molecule has 0 amide bonds. The maximum Gasteiger partial charge on any atom is 0.469 e. The van der Waals surface area contributed by atoms with Crippen LogP contribution in [0.1, 0.15) is 84.0 Å². The SMILES string of the molecule is CCCCCCCCCCCCC/C=C\[C@@H](O)[C@@H](O)COP(=O)(O)O. The van der Waals surface area contributed by atoms with Crippen molar-refractivity contribution in [3.8, 4) is 0 Å². The first-order valence-electron chi connectivity index (χ1n) is 9.59. The van der Waals surface area contributed by atoms with Crippen LogP contribution in [0.3, 0.4) is 0 Å². The van der Waals surface area contributed by atoms with Crippen molar-refractivity contribution >= 4 is 7.82 Å².